The molecule has 0 spiro atoms. The third-order valence-electron chi connectivity index (χ3n) is 11.1. The molecule has 0 amide bonds. The Bertz CT molecular complexity index is 3580. The van der Waals surface area contributed by atoms with Crippen LogP contribution < -0.4 is 0 Å². The second-order valence-corrected chi connectivity index (χ2v) is 14.7. The Morgan fingerprint density at radius 3 is 1.84 bits per heavy atom. The number of fused-ring (bicyclic) bond motifs is 8. The van der Waals surface area contributed by atoms with E-state index in [2.05, 4.69) is 152 Å². The van der Waals surface area contributed by atoms with E-state index in [0.717, 1.165) is 93.2 Å². The standard InChI is InChI=1S/C53H29N3O2/c1-2-9-32(10-3-1)36-20-17-34-19-22-40(29-41(34)28-36)52-54-51(39-21-18-33-11-4-5-12-35(33)27-39)55-53(56-52)44-14-8-16-48-50(44)43-25-23-38(31-49(43)58-48)37-24-26-47-45(30-37)42-13-6-7-15-46(42)57-47/h1-23,25,27-31H. The topological polar surface area (TPSA) is 65.0 Å². The highest BCUT2D eigenvalue weighted by atomic mass is 16.3. The fraction of sp³-hybridized carbons (Fsp3) is 0. The fourth-order valence-corrected chi connectivity index (χ4v) is 8.22. The van der Waals surface area contributed by atoms with E-state index in [9.17, 15) is 0 Å². The monoisotopic (exact) mass is 739 g/mol. The van der Waals surface area contributed by atoms with Gasteiger partial charge in [-0.05, 0) is 92.8 Å². The van der Waals surface area contributed by atoms with E-state index in [-0.39, 0.29) is 0 Å². The quantitative estimate of drug-likeness (QED) is 0.176. The summed E-state index contributed by atoms with van der Waals surface area (Å²) in [5.41, 5.74) is 9.96. The molecule has 0 atom stereocenters. The van der Waals surface area contributed by atoms with Gasteiger partial charge in [0.1, 0.15) is 16.7 Å². The Balaban J connectivity index is 1.02. The number of aromatic nitrogens is 3. The Morgan fingerprint density at radius 2 is 1.00 bits per heavy atom. The molecule has 0 bridgehead atoms. The smallest absolute Gasteiger partial charge is 0.185 e. The predicted molar refractivity (Wildman–Crippen MR) is 234 cm³/mol. The summed E-state index contributed by atoms with van der Waals surface area (Å²) in [5, 5.41) is 8.52. The first-order valence-corrected chi connectivity index (χ1v) is 19.2. The van der Waals surface area contributed by atoms with Gasteiger partial charge >= 0.3 is 0 Å². The summed E-state index contributed by atoms with van der Waals surface area (Å²) >= 11 is 0. The Labute approximate surface area is 332 Å². The van der Waals surface area contributed by atoms with Gasteiger partial charge in [-0.3, -0.25) is 0 Å². The van der Waals surface area contributed by atoms with Gasteiger partial charge in [0.25, 0.3) is 0 Å². The van der Waals surface area contributed by atoms with Gasteiger partial charge in [-0.2, -0.15) is 0 Å². The molecule has 268 valence electrons. The average Bonchev–Trinajstić information content (AvgIpc) is 3.86. The van der Waals surface area contributed by atoms with Crippen LogP contribution in [0.1, 0.15) is 0 Å². The lowest BCUT2D eigenvalue weighted by Gasteiger charge is -2.11. The molecule has 0 radical (unpaired) electrons. The van der Waals surface area contributed by atoms with Gasteiger partial charge in [0.2, 0.25) is 0 Å². The first kappa shape index (κ1) is 32.2. The highest BCUT2D eigenvalue weighted by Gasteiger charge is 2.19. The number of para-hydroxylation sites is 1. The van der Waals surface area contributed by atoms with Crippen molar-refractivity contribution in [2.45, 2.75) is 0 Å². The van der Waals surface area contributed by atoms with Crippen LogP contribution in [-0.2, 0) is 0 Å². The van der Waals surface area contributed by atoms with E-state index < -0.39 is 0 Å². The summed E-state index contributed by atoms with van der Waals surface area (Å²) in [6.45, 7) is 0. The van der Waals surface area contributed by atoms with E-state index in [1.54, 1.807) is 0 Å². The maximum absolute atomic E-state index is 6.58. The molecule has 12 aromatic rings. The van der Waals surface area contributed by atoms with Crippen LogP contribution in [0.25, 0.3) is 122 Å². The molecule has 3 aromatic heterocycles. The van der Waals surface area contributed by atoms with E-state index in [4.69, 9.17) is 23.8 Å². The third kappa shape index (κ3) is 5.31. The lowest BCUT2D eigenvalue weighted by molar-refractivity contribution is 0.669. The number of nitrogens with zero attached hydrogens (tertiary/aromatic N) is 3. The molecule has 3 heterocycles. The molecule has 5 heteroatoms. The van der Waals surface area contributed by atoms with Crippen molar-refractivity contribution >= 4 is 65.4 Å². The van der Waals surface area contributed by atoms with Crippen molar-refractivity contribution in [1.29, 1.82) is 0 Å². The fourth-order valence-electron chi connectivity index (χ4n) is 8.22. The average molecular weight is 740 g/mol. The van der Waals surface area contributed by atoms with E-state index >= 15 is 0 Å². The van der Waals surface area contributed by atoms with E-state index in [1.165, 1.54) is 5.56 Å². The number of hydrogen-bond acceptors (Lipinski definition) is 5. The van der Waals surface area contributed by atoms with Crippen molar-refractivity contribution in [3.05, 3.63) is 188 Å². The molecule has 0 aliphatic heterocycles. The van der Waals surface area contributed by atoms with Crippen molar-refractivity contribution in [1.82, 2.24) is 15.0 Å². The number of furan rings is 2. The van der Waals surface area contributed by atoms with Crippen molar-refractivity contribution in [2.24, 2.45) is 0 Å². The minimum atomic E-state index is 0.573. The van der Waals surface area contributed by atoms with Gasteiger partial charge in [0, 0.05) is 43.8 Å². The first-order valence-electron chi connectivity index (χ1n) is 19.2. The Hall–Kier alpha value is -8.07. The SMILES string of the molecule is c1c(-c2ccc3c(c2)oc2cccc(-c4nc(-c5ccc6ccccc6c5)nc(-c5ccc6ccc(-c7ccccc7)cc6c5)n4)c23)cc2c(c#1)oc1ccccc12. The molecule has 0 unspecified atom stereocenters. The molecule has 9 aromatic carbocycles. The van der Waals surface area contributed by atoms with Crippen molar-refractivity contribution in [2.75, 3.05) is 0 Å². The highest BCUT2D eigenvalue weighted by Crippen LogP contribution is 2.39. The summed E-state index contributed by atoms with van der Waals surface area (Å²) in [5.74, 6) is 1.77. The van der Waals surface area contributed by atoms with Crippen LogP contribution in [-0.4, -0.2) is 15.0 Å². The minimum absolute atomic E-state index is 0.573. The predicted octanol–water partition coefficient (Wildman–Crippen LogP) is 13.9. The third-order valence-corrected chi connectivity index (χ3v) is 11.1. The second-order valence-electron chi connectivity index (χ2n) is 14.7. The first-order chi connectivity index (χ1) is 28.7. The van der Waals surface area contributed by atoms with E-state index in [0.29, 0.717) is 23.1 Å². The maximum Gasteiger partial charge on any atom is 0.185 e. The van der Waals surface area contributed by atoms with Crippen molar-refractivity contribution in [3.8, 4) is 56.4 Å². The highest BCUT2D eigenvalue weighted by molar-refractivity contribution is 6.13. The summed E-state index contributed by atoms with van der Waals surface area (Å²) < 4.78 is 12.6. The largest absolute Gasteiger partial charge is 0.456 e. The Morgan fingerprint density at radius 1 is 0.345 bits per heavy atom. The number of rotatable bonds is 5. The van der Waals surface area contributed by atoms with Crippen LogP contribution >= 0.6 is 0 Å². The van der Waals surface area contributed by atoms with Crippen LogP contribution in [0.4, 0.5) is 0 Å². The molecule has 0 aliphatic rings. The molecular formula is C53H29N3O2. The summed E-state index contributed by atoms with van der Waals surface area (Å²) in [7, 11) is 0. The van der Waals surface area contributed by atoms with Crippen LogP contribution in [0.2, 0.25) is 0 Å². The second kappa shape index (κ2) is 12.7. The van der Waals surface area contributed by atoms with Crippen molar-refractivity contribution < 1.29 is 8.83 Å². The molecule has 5 nitrogen and oxygen atoms in total. The summed E-state index contributed by atoms with van der Waals surface area (Å²) in [6.07, 6.45) is 0. The summed E-state index contributed by atoms with van der Waals surface area (Å²) in [6, 6.07) is 67.3. The zero-order valence-electron chi connectivity index (χ0n) is 30.9. The van der Waals surface area contributed by atoms with Crippen LogP contribution in [0.5, 0.6) is 0 Å². The maximum atomic E-state index is 6.58. The Kier molecular flexibility index (Phi) is 7.07. The normalized spacial score (nSPS) is 11.7. The lowest BCUT2D eigenvalue weighted by Crippen LogP contribution is -2.00. The van der Waals surface area contributed by atoms with E-state index in [1.807, 2.05) is 36.4 Å². The number of benzene rings is 8. The van der Waals surface area contributed by atoms with Gasteiger partial charge in [0.15, 0.2) is 23.1 Å². The van der Waals surface area contributed by atoms with Crippen LogP contribution in [0.15, 0.2) is 185 Å². The molecule has 0 aliphatic carbocycles. The minimum Gasteiger partial charge on any atom is -0.456 e. The molecule has 0 saturated heterocycles. The van der Waals surface area contributed by atoms with Crippen molar-refractivity contribution in [3.63, 3.8) is 0 Å². The van der Waals surface area contributed by atoms with Crippen LogP contribution in [0, 0.1) is 12.1 Å². The van der Waals surface area contributed by atoms with Gasteiger partial charge in [-0.25, -0.2) is 15.0 Å². The summed E-state index contributed by atoms with van der Waals surface area (Å²) in [4.78, 5) is 15.6. The molecule has 12 rings (SSSR count). The zero-order chi connectivity index (χ0) is 38.2. The van der Waals surface area contributed by atoms with Gasteiger partial charge in [-0.15, -0.1) is 0 Å². The molecular weight excluding hydrogens is 711 g/mol. The van der Waals surface area contributed by atoms with Crippen LogP contribution in [0.3, 0.4) is 0 Å². The lowest BCUT2D eigenvalue weighted by atomic mass is 9.99. The van der Waals surface area contributed by atoms with Gasteiger partial charge in [0.05, 0.1) is 0 Å². The number of hydrogen-bond donors (Lipinski definition) is 0. The van der Waals surface area contributed by atoms with Gasteiger partial charge < -0.3 is 8.83 Å². The zero-order valence-corrected chi connectivity index (χ0v) is 30.9. The molecule has 0 saturated carbocycles. The van der Waals surface area contributed by atoms with Gasteiger partial charge in [-0.1, -0.05) is 133 Å². The molecule has 0 N–H and O–H groups in total. The molecule has 58 heavy (non-hydrogen) atoms. The molecule has 0 fully saturated rings.